The Morgan fingerprint density at radius 3 is 2.47 bits per heavy atom. The van der Waals surface area contributed by atoms with E-state index in [-0.39, 0.29) is 23.6 Å². The predicted molar refractivity (Wildman–Crippen MR) is 111 cm³/mol. The van der Waals surface area contributed by atoms with Gasteiger partial charge in [-0.15, -0.1) is 11.3 Å². The van der Waals surface area contributed by atoms with Gasteiger partial charge in [0.15, 0.2) is 9.84 Å². The van der Waals surface area contributed by atoms with E-state index in [0.717, 1.165) is 26.3 Å². The maximum atomic E-state index is 12.7. The molecule has 2 aromatic heterocycles. The maximum absolute atomic E-state index is 12.7. The van der Waals surface area contributed by atoms with Gasteiger partial charge in [0.2, 0.25) is 0 Å². The second kappa shape index (κ2) is 9.02. The number of aryl methyl sites for hydroxylation is 2. The summed E-state index contributed by atoms with van der Waals surface area (Å²) in [6, 6.07) is 10.5. The highest BCUT2D eigenvalue weighted by Gasteiger charge is 2.12. The van der Waals surface area contributed by atoms with E-state index >= 15 is 0 Å². The molecule has 3 aromatic rings. The summed E-state index contributed by atoms with van der Waals surface area (Å²) in [4.78, 5) is 14.6. The van der Waals surface area contributed by atoms with Crippen LogP contribution in [0, 0.1) is 0 Å². The van der Waals surface area contributed by atoms with Crippen LogP contribution in [0.3, 0.4) is 0 Å². The minimum atomic E-state index is -3.24. The van der Waals surface area contributed by atoms with E-state index in [1.807, 2.05) is 12.1 Å². The highest BCUT2D eigenvalue weighted by atomic mass is 32.2. The van der Waals surface area contributed by atoms with E-state index in [4.69, 9.17) is 5.73 Å². The Bertz CT molecular complexity index is 1220. The van der Waals surface area contributed by atoms with Crippen LogP contribution in [0.5, 0.6) is 0 Å². The topological polar surface area (TPSA) is 100.0 Å². The molecule has 0 saturated carbocycles. The zero-order valence-corrected chi connectivity index (χ0v) is 17.7. The van der Waals surface area contributed by atoms with Crippen molar-refractivity contribution in [3.8, 4) is 10.4 Å². The first-order chi connectivity index (χ1) is 14.2. The van der Waals surface area contributed by atoms with Crippen LogP contribution in [0.1, 0.15) is 4.88 Å². The minimum absolute atomic E-state index is 0.264. The molecule has 11 heteroatoms. The third-order valence-corrected chi connectivity index (χ3v) is 6.80. The number of hydrogen-bond donors (Lipinski definition) is 1. The number of aromatic nitrogens is 3. The molecule has 0 aliphatic rings. The fourth-order valence-electron chi connectivity index (χ4n) is 2.78. The third-order valence-electron chi connectivity index (χ3n) is 4.48. The largest absolute Gasteiger partial charge is 0.346 e. The Morgan fingerprint density at radius 1 is 1.17 bits per heavy atom. The number of hydrogen-bond acceptors (Lipinski definition) is 6. The van der Waals surface area contributed by atoms with Gasteiger partial charge in [-0.1, -0.05) is 12.1 Å². The van der Waals surface area contributed by atoms with Crippen LogP contribution in [0.25, 0.3) is 10.4 Å². The molecule has 0 saturated heterocycles. The Labute approximate surface area is 176 Å². The van der Waals surface area contributed by atoms with E-state index in [0.29, 0.717) is 13.0 Å². The molecule has 0 aliphatic carbocycles. The van der Waals surface area contributed by atoms with Gasteiger partial charge in [-0.2, -0.15) is 13.9 Å². The summed E-state index contributed by atoms with van der Waals surface area (Å²) in [6.07, 6.45) is 1.16. The first-order valence-corrected chi connectivity index (χ1v) is 11.6. The number of thiophene rings is 1. The number of nitrogens with two attached hydrogens (primary N) is 1. The predicted octanol–water partition coefficient (Wildman–Crippen LogP) is 2.53. The van der Waals surface area contributed by atoms with Gasteiger partial charge in [-0.25, -0.2) is 17.9 Å². The van der Waals surface area contributed by atoms with Gasteiger partial charge < -0.3 is 5.73 Å². The van der Waals surface area contributed by atoms with Crippen molar-refractivity contribution in [2.75, 3.05) is 12.8 Å². The van der Waals surface area contributed by atoms with Gasteiger partial charge in [0, 0.05) is 34.7 Å². The number of halogens is 2. The second-order valence-electron chi connectivity index (χ2n) is 6.65. The lowest BCUT2D eigenvalue weighted by Crippen LogP contribution is -2.27. The highest BCUT2D eigenvalue weighted by Crippen LogP contribution is 2.29. The summed E-state index contributed by atoms with van der Waals surface area (Å²) in [5, 5.41) is 3.88. The van der Waals surface area contributed by atoms with Crippen molar-refractivity contribution in [1.29, 1.82) is 0 Å². The Hall–Kier alpha value is -2.63. The van der Waals surface area contributed by atoms with Crippen LogP contribution in [0.2, 0.25) is 0 Å². The molecule has 30 heavy (non-hydrogen) atoms. The van der Waals surface area contributed by atoms with Crippen LogP contribution in [-0.2, 0) is 29.3 Å². The smallest absolute Gasteiger partial charge is 0.327 e. The fourth-order valence-corrected chi connectivity index (χ4v) is 4.41. The number of benzene rings is 1. The average Bonchev–Trinajstić information content (AvgIpc) is 3.30. The van der Waals surface area contributed by atoms with Crippen molar-refractivity contribution in [3.63, 3.8) is 0 Å². The molecule has 160 valence electrons. The molecule has 0 radical (unpaired) electrons. The van der Waals surface area contributed by atoms with Crippen LogP contribution < -0.4 is 11.4 Å². The molecular formula is C19H20F2N4O3S2. The summed E-state index contributed by atoms with van der Waals surface area (Å²) in [5.41, 5.74) is 5.37. The summed E-state index contributed by atoms with van der Waals surface area (Å²) in [6.45, 7) is -0.326. The molecule has 0 atom stereocenters. The minimum Gasteiger partial charge on any atom is -0.327 e. The van der Waals surface area contributed by atoms with Gasteiger partial charge >= 0.3 is 5.69 Å². The molecule has 1 aromatic carbocycles. The van der Waals surface area contributed by atoms with E-state index in [1.54, 1.807) is 24.3 Å². The SMILES string of the molecule is CS(=O)(=O)c1ccc(-c2ccc(CCn3cnn(CC(CN)=C(F)F)c3=O)s2)cc1. The van der Waals surface area contributed by atoms with Gasteiger partial charge in [-0.05, 0) is 36.2 Å². The van der Waals surface area contributed by atoms with Crippen LogP contribution in [-0.4, -0.2) is 35.6 Å². The lowest BCUT2D eigenvalue weighted by atomic mass is 10.2. The summed E-state index contributed by atoms with van der Waals surface area (Å²) in [5.74, 6) is 0. The number of nitrogens with zero attached hydrogens (tertiary/aromatic N) is 3. The molecule has 0 fully saturated rings. The zero-order chi connectivity index (χ0) is 21.9. The summed E-state index contributed by atoms with van der Waals surface area (Å²) in [7, 11) is -3.24. The first-order valence-electron chi connectivity index (χ1n) is 8.93. The van der Waals surface area contributed by atoms with Crippen molar-refractivity contribution >= 4 is 21.2 Å². The Balaban J connectivity index is 1.68. The third kappa shape index (κ3) is 5.10. The van der Waals surface area contributed by atoms with Crippen molar-refractivity contribution in [2.24, 2.45) is 5.73 Å². The number of rotatable bonds is 8. The van der Waals surface area contributed by atoms with E-state index < -0.39 is 21.6 Å². The lowest BCUT2D eigenvalue weighted by Gasteiger charge is -2.02. The average molecular weight is 455 g/mol. The molecule has 0 amide bonds. The Kier molecular flexibility index (Phi) is 6.64. The van der Waals surface area contributed by atoms with E-state index in [1.165, 1.54) is 22.2 Å². The monoisotopic (exact) mass is 454 g/mol. The second-order valence-corrected chi connectivity index (χ2v) is 9.83. The zero-order valence-electron chi connectivity index (χ0n) is 16.1. The van der Waals surface area contributed by atoms with Gasteiger partial charge in [0.25, 0.3) is 6.08 Å². The maximum Gasteiger partial charge on any atom is 0.346 e. The standard InChI is InChI=1S/C19H20F2N4O3S2/c1-30(27,28)16-5-2-13(3-6-16)17-7-4-15(29-17)8-9-24-12-23-25(19(24)26)11-14(10-22)18(20)21/h2-7,12H,8-11,22H2,1H3. The summed E-state index contributed by atoms with van der Waals surface area (Å²) < 4.78 is 50.9. The highest BCUT2D eigenvalue weighted by molar-refractivity contribution is 7.90. The molecule has 2 N–H and O–H groups in total. The van der Waals surface area contributed by atoms with Crippen LogP contribution >= 0.6 is 11.3 Å². The fraction of sp³-hybridized carbons (Fsp3) is 0.263. The van der Waals surface area contributed by atoms with E-state index in [2.05, 4.69) is 5.10 Å². The van der Waals surface area contributed by atoms with Crippen molar-refractivity contribution in [1.82, 2.24) is 14.3 Å². The van der Waals surface area contributed by atoms with Crippen molar-refractivity contribution < 1.29 is 17.2 Å². The quantitative estimate of drug-likeness (QED) is 0.564. The molecule has 7 nitrogen and oxygen atoms in total. The molecule has 2 heterocycles. The Morgan fingerprint density at radius 2 is 1.87 bits per heavy atom. The number of sulfone groups is 1. The van der Waals surface area contributed by atoms with Crippen LogP contribution in [0.15, 0.2) is 64.1 Å². The molecule has 3 rings (SSSR count). The van der Waals surface area contributed by atoms with Gasteiger partial charge in [0.1, 0.15) is 6.33 Å². The van der Waals surface area contributed by atoms with Crippen molar-refractivity contribution in [3.05, 3.63) is 69.7 Å². The van der Waals surface area contributed by atoms with Crippen molar-refractivity contribution in [2.45, 2.75) is 24.4 Å². The molecular weight excluding hydrogens is 434 g/mol. The molecule has 0 unspecified atom stereocenters. The molecule has 0 bridgehead atoms. The van der Waals surface area contributed by atoms with Gasteiger partial charge in [-0.3, -0.25) is 4.57 Å². The summed E-state index contributed by atoms with van der Waals surface area (Å²) >= 11 is 1.53. The van der Waals surface area contributed by atoms with Gasteiger partial charge in [0.05, 0.1) is 11.4 Å². The lowest BCUT2D eigenvalue weighted by molar-refractivity contribution is 0.400. The molecule has 0 aliphatic heterocycles. The van der Waals surface area contributed by atoms with Crippen LogP contribution in [0.4, 0.5) is 8.78 Å². The van der Waals surface area contributed by atoms with E-state index in [9.17, 15) is 22.0 Å². The first kappa shape index (κ1) is 22.1. The molecule has 0 spiro atoms. The normalized spacial score (nSPS) is 11.6.